The molecule has 164 valence electrons. The number of carbonyl (C=O) groups excluding carboxylic acids is 2. The summed E-state index contributed by atoms with van der Waals surface area (Å²) in [6, 6.07) is 15.3. The van der Waals surface area contributed by atoms with Gasteiger partial charge in [0.15, 0.2) is 5.78 Å². The Kier molecular flexibility index (Phi) is 5.70. The van der Waals surface area contributed by atoms with Crippen molar-refractivity contribution in [2.24, 2.45) is 5.10 Å². The van der Waals surface area contributed by atoms with Gasteiger partial charge in [-0.2, -0.15) is 5.10 Å². The van der Waals surface area contributed by atoms with Crippen molar-refractivity contribution >= 4 is 57.4 Å². The number of esters is 1. The van der Waals surface area contributed by atoms with Gasteiger partial charge >= 0.3 is 5.97 Å². The molecule has 0 saturated carbocycles. The van der Waals surface area contributed by atoms with Crippen molar-refractivity contribution < 1.29 is 19.2 Å². The molecule has 11 heteroatoms. The Balaban J connectivity index is 1.89. The van der Waals surface area contributed by atoms with Gasteiger partial charge in [-0.05, 0) is 49.9 Å². The standard InChI is InChI=1S/C21H18N4O5S2/c1-13-18(14(2)26)31-21(23(13)15-7-5-4-6-8-15)24(22-19(32-21)20(27)30-3)16-9-11-17(12-10-16)25(28)29/h4-12H,1-3H3/t21-/m1/s1. The maximum absolute atomic E-state index is 12.5. The monoisotopic (exact) mass is 470 g/mol. The van der Waals surface area contributed by atoms with Crippen LogP contribution in [-0.2, 0) is 14.3 Å². The highest BCUT2D eigenvalue weighted by molar-refractivity contribution is 8.29. The van der Waals surface area contributed by atoms with E-state index in [1.165, 1.54) is 37.9 Å². The van der Waals surface area contributed by atoms with Crippen LogP contribution in [0.3, 0.4) is 0 Å². The predicted octanol–water partition coefficient (Wildman–Crippen LogP) is 4.32. The van der Waals surface area contributed by atoms with Crippen molar-refractivity contribution in [3.05, 3.63) is 75.3 Å². The highest BCUT2D eigenvalue weighted by atomic mass is 32.2. The zero-order valence-electron chi connectivity index (χ0n) is 17.3. The molecule has 4 rings (SSSR count). The average molecular weight is 471 g/mol. The van der Waals surface area contributed by atoms with E-state index in [4.69, 9.17) is 4.74 Å². The number of thioether (sulfide) groups is 2. The van der Waals surface area contributed by atoms with E-state index in [1.807, 2.05) is 42.2 Å². The Morgan fingerprint density at radius 2 is 1.72 bits per heavy atom. The van der Waals surface area contributed by atoms with Crippen LogP contribution < -0.4 is 9.91 Å². The van der Waals surface area contributed by atoms with Gasteiger partial charge in [-0.15, -0.1) is 0 Å². The third-order valence-corrected chi connectivity index (χ3v) is 7.84. The summed E-state index contributed by atoms with van der Waals surface area (Å²) in [5, 5.41) is 17.3. The number of rotatable bonds is 5. The van der Waals surface area contributed by atoms with Gasteiger partial charge < -0.3 is 9.64 Å². The van der Waals surface area contributed by atoms with Crippen LogP contribution in [0.15, 0.2) is 70.3 Å². The van der Waals surface area contributed by atoms with Crippen molar-refractivity contribution in [1.82, 2.24) is 0 Å². The molecule has 0 fully saturated rings. The van der Waals surface area contributed by atoms with Gasteiger partial charge in [-0.3, -0.25) is 14.9 Å². The molecule has 0 unspecified atom stereocenters. The number of nitro groups is 1. The van der Waals surface area contributed by atoms with Gasteiger partial charge in [0.2, 0.25) is 9.37 Å². The number of non-ortho nitro benzene ring substituents is 1. The van der Waals surface area contributed by atoms with Gasteiger partial charge in [-0.1, -0.05) is 30.0 Å². The Labute approximate surface area is 192 Å². The maximum Gasteiger partial charge on any atom is 0.365 e. The number of para-hydroxylation sites is 1. The molecule has 2 aliphatic rings. The van der Waals surface area contributed by atoms with Crippen LogP contribution in [-0.4, -0.2) is 33.2 Å². The summed E-state index contributed by atoms with van der Waals surface area (Å²) in [5.41, 5.74) is 1.97. The number of hydrogen-bond acceptors (Lipinski definition) is 10. The Morgan fingerprint density at radius 3 is 2.28 bits per heavy atom. The SMILES string of the molecule is COC(=O)C1=NN(c2ccc([N+](=O)[O-])cc2)[C@@]2(S1)SC(C(C)=O)=C(C)N2c1ccccc1. The van der Waals surface area contributed by atoms with E-state index in [0.717, 1.165) is 23.1 Å². The van der Waals surface area contributed by atoms with E-state index in [0.29, 0.717) is 10.6 Å². The fraction of sp³-hybridized carbons (Fsp3) is 0.190. The molecule has 1 atom stereocenters. The molecule has 32 heavy (non-hydrogen) atoms. The third kappa shape index (κ3) is 3.53. The van der Waals surface area contributed by atoms with E-state index >= 15 is 0 Å². The molecule has 0 aliphatic carbocycles. The minimum Gasteiger partial charge on any atom is -0.464 e. The molecule has 0 saturated heterocycles. The topological polar surface area (TPSA) is 105 Å². The Hall–Kier alpha value is -3.31. The highest BCUT2D eigenvalue weighted by Gasteiger charge is 2.57. The minimum atomic E-state index is -1.08. The second-order valence-electron chi connectivity index (χ2n) is 6.88. The first kappa shape index (κ1) is 21.9. The summed E-state index contributed by atoms with van der Waals surface area (Å²) in [6.45, 7) is 3.34. The lowest BCUT2D eigenvalue weighted by Gasteiger charge is -2.41. The largest absolute Gasteiger partial charge is 0.464 e. The molecule has 2 aromatic rings. The van der Waals surface area contributed by atoms with Crippen molar-refractivity contribution in [3.8, 4) is 0 Å². The molecule has 9 nitrogen and oxygen atoms in total. The smallest absolute Gasteiger partial charge is 0.365 e. The van der Waals surface area contributed by atoms with Crippen molar-refractivity contribution in [1.29, 1.82) is 0 Å². The van der Waals surface area contributed by atoms with E-state index in [-0.39, 0.29) is 16.5 Å². The lowest BCUT2D eigenvalue weighted by molar-refractivity contribution is -0.384. The molecule has 0 N–H and O–H groups in total. The van der Waals surface area contributed by atoms with Crippen LogP contribution in [0.2, 0.25) is 0 Å². The molecule has 2 aliphatic heterocycles. The predicted molar refractivity (Wildman–Crippen MR) is 125 cm³/mol. The van der Waals surface area contributed by atoms with Crippen LogP contribution in [0.25, 0.3) is 0 Å². The number of hydrazone groups is 1. The van der Waals surface area contributed by atoms with Gasteiger partial charge in [0.1, 0.15) is 0 Å². The molecular formula is C21H18N4O5S2. The summed E-state index contributed by atoms with van der Waals surface area (Å²) in [4.78, 5) is 38.0. The van der Waals surface area contributed by atoms with Crippen molar-refractivity contribution in [2.75, 3.05) is 17.0 Å². The van der Waals surface area contributed by atoms with Gasteiger partial charge in [0.25, 0.3) is 5.69 Å². The van der Waals surface area contributed by atoms with Gasteiger partial charge in [-0.25, -0.2) is 9.80 Å². The summed E-state index contributed by atoms with van der Waals surface area (Å²) in [5.74, 6) is -0.720. The highest BCUT2D eigenvalue weighted by Crippen LogP contribution is 2.60. The van der Waals surface area contributed by atoms with E-state index in [2.05, 4.69) is 5.10 Å². The van der Waals surface area contributed by atoms with E-state index in [9.17, 15) is 19.7 Å². The Morgan fingerprint density at radius 1 is 1.06 bits per heavy atom. The molecular weight excluding hydrogens is 452 g/mol. The number of benzene rings is 2. The fourth-order valence-electron chi connectivity index (χ4n) is 3.48. The van der Waals surface area contributed by atoms with E-state index in [1.54, 1.807) is 17.1 Å². The third-order valence-electron chi connectivity index (χ3n) is 4.87. The van der Waals surface area contributed by atoms with Crippen LogP contribution >= 0.6 is 23.5 Å². The number of hydrogen-bond donors (Lipinski definition) is 0. The van der Waals surface area contributed by atoms with Crippen LogP contribution in [0.4, 0.5) is 17.1 Å². The molecule has 1 spiro atoms. The quantitative estimate of drug-likeness (QED) is 0.359. The van der Waals surface area contributed by atoms with Gasteiger partial charge in [0, 0.05) is 23.5 Å². The van der Waals surface area contributed by atoms with Crippen LogP contribution in [0, 0.1) is 10.1 Å². The number of anilines is 2. The maximum atomic E-state index is 12.5. The van der Waals surface area contributed by atoms with Crippen LogP contribution in [0.1, 0.15) is 13.8 Å². The average Bonchev–Trinajstić information content (AvgIpc) is 3.31. The number of ketones is 1. The number of methoxy groups -OCH3 is 1. The first-order valence-electron chi connectivity index (χ1n) is 9.45. The molecule has 0 amide bonds. The van der Waals surface area contributed by atoms with Crippen molar-refractivity contribution in [2.45, 2.75) is 18.2 Å². The fourth-order valence-corrected chi connectivity index (χ4v) is 6.46. The zero-order chi connectivity index (χ0) is 23.0. The molecule has 2 aromatic carbocycles. The number of Topliss-reactive ketones (excluding diaryl/α,β-unsaturated/α-hetero) is 1. The summed E-state index contributed by atoms with van der Waals surface area (Å²) >= 11 is 2.43. The second-order valence-corrected chi connectivity index (χ2v) is 9.48. The van der Waals surface area contributed by atoms with E-state index < -0.39 is 15.2 Å². The summed E-state index contributed by atoms with van der Waals surface area (Å²) in [6.07, 6.45) is 0. The number of carbonyl (C=O) groups is 2. The van der Waals surface area contributed by atoms with Gasteiger partial charge in [0.05, 0.1) is 22.6 Å². The number of nitrogens with zero attached hydrogens (tertiary/aromatic N) is 4. The molecule has 2 heterocycles. The zero-order valence-corrected chi connectivity index (χ0v) is 19.0. The van der Waals surface area contributed by atoms with Crippen LogP contribution in [0.5, 0.6) is 0 Å². The molecule has 0 bridgehead atoms. The Bertz CT molecular complexity index is 1170. The molecule has 0 aromatic heterocycles. The first-order valence-corrected chi connectivity index (χ1v) is 11.1. The second kappa shape index (κ2) is 8.32. The normalized spacial score (nSPS) is 20.0. The number of ether oxygens (including phenoxy) is 1. The lowest BCUT2D eigenvalue weighted by Crippen LogP contribution is -2.49. The number of allylic oxidation sites excluding steroid dienone is 2. The van der Waals surface area contributed by atoms with Crippen molar-refractivity contribution in [3.63, 3.8) is 0 Å². The summed E-state index contributed by atoms with van der Waals surface area (Å²) in [7, 11) is 1.27. The molecule has 0 radical (unpaired) electrons. The minimum absolute atomic E-state index is 0.0652. The lowest BCUT2D eigenvalue weighted by atomic mass is 10.2. The summed E-state index contributed by atoms with van der Waals surface area (Å²) < 4.78 is 3.82. The first-order chi connectivity index (χ1) is 15.3. The number of nitro benzene ring substituents is 1.